The summed E-state index contributed by atoms with van der Waals surface area (Å²) in [6.45, 7) is 1.33. The average molecular weight is 479 g/mol. The molecule has 174 valence electrons. The molecular weight excluding hydrogens is 459 g/mol. The van der Waals surface area contributed by atoms with Crippen molar-refractivity contribution < 1.29 is 26.7 Å². The summed E-state index contributed by atoms with van der Waals surface area (Å²) in [7, 11) is 0. The first-order chi connectivity index (χ1) is 15.1. The van der Waals surface area contributed by atoms with Gasteiger partial charge in [-0.2, -0.15) is 18.3 Å². The van der Waals surface area contributed by atoms with Gasteiger partial charge in [-0.05, 0) is 12.8 Å². The third-order valence-corrected chi connectivity index (χ3v) is 6.50. The molecule has 5 rings (SSSR count). The van der Waals surface area contributed by atoms with Gasteiger partial charge in [0.25, 0.3) is 5.92 Å². The van der Waals surface area contributed by atoms with Gasteiger partial charge in [0.2, 0.25) is 5.95 Å². The largest absolute Gasteiger partial charge is 0.419 e. The molecule has 2 saturated heterocycles. The Kier molecular flexibility index (Phi) is 5.29. The second-order valence-corrected chi connectivity index (χ2v) is 8.75. The van der Waals surface area contributed by atoms with Crippen LogP contribution in [0, 0.1) is 0 Å². The summed E-state index contributed by atoms with van der Waals surface area (Å²) < 4.78 is 75.4. The summed E-state index contributed by atoms with van der Waals surface area (Å²) >= 11 is 6.35. The Morgan fingerprint density at radius 2 is 1.94 bits per heavy atom. The Morgan fingerprint density at radius 3 is 2.56 bits per heavy atom. The molecule has 1 N–H and O–H groups in total. The minimum absolute atomic E-state index is 0.0600. The monoisotopic (exact) mass is 478 g/mol. The third kappa shape index (κ3) is 4.03. The number of piperidine rings is 1. The van der Waals surface area contributed by atoms with Crippen LogP contribution in [-0.4, -0.2) is 62.9 Å². The molecule has 7 nitrogen and oxygen atoms in total. The SMILES string of the molecule is FC(F)(F)c1cnc(Nc2cnn([C@@H]3CN(C4COC4)CCC3(F)F)c2Cl)nc1C1CC1. The zero-order valence-electron chi connectivity index (χ0n) is 16.7. The normalized spacial score (nSPS) is 24.4. The maximum atomic E-state index is 14.7. The third-order valence-electron chi connectivity index (χ3n) is 6.13. The highest BCUT2D eigenvalue weighted by molar-refractivity contribution is 6.32. The molecular formula is C19H20ClF5N6O. The number of anilines is 2. The molecule has 1 aliphatic carbocycles. The molecule has 0 amide bonds. The summed E-state index contributed by atoms with van der Waals surface area (Å²) in [4.78, 5) is 9.72. The molecule has 0 radical (unpaired) electrons. The topological polar surface area (TPSA) is 68.1 Å². The number of nitrogens with zero attached hydrogens (tertiary/aromatic N) is 5. The smallest absolute Gasteiger partial charge is 0.378 e. The van der Waals surface area contributed by atoms with E-state index in [0.717, 1.165) is 10.9 Å². The number of likely N-dealkylation sites (tertiary alicyclic amines) is 1. The Labute approximate surface area is 184 Å². The molecule has 0 spiro atoms. The van der Waals surface area contributed by atoms with Crippen LogP contribution in [0.2, 0.25) is 5.15 Å². The van der Waals surface area contributed by atoms with Crippen LogP contribution in [0.1, 0.15) is 42.5 Å². The predicted molar refractivity (Wildman–Crippen MR) is 104 cm³/mol. The molecule has 13 heteroatoms. The van der Waals surface area contributed by atoms with Crippen LogP contribution >= 0.6 is 11.6 Å². The number of aromatic nitrogens is 4. The fourth-order valence-corrected chi connectivity index (χ4v) is 4.30. The van der Waals surface area contributed by atoms with Gasteiger partial charge in [-0.1, -0.05) is 11.6 Å². The van der Waals surface area contributed by atoms with E-state index in [1.807, 2.05) is 4.90 Å². The lowest BCUT2D eigenvalue weighted by atomic mass is 9.99. The van der Waals surface area contributed by atoms with Gasteiger partial charge in [0.05, 0.1) is 42.4 Å². The van der Waals surface area contributed by atoms with Crippen molar-refractivity contribution in [2.45, 2.75) is 49.4 Å². The number of alkyl halides is 5. The first kappa shape index (κ1) is 21.8. The summed E-state index contributed by atoms with van der Waals surface area (Å²) in [5.41, 5.74) is -0.794. The standard InChI is InChI=1S/C19H20ClF5N6O/c20-16-13(28-17-26-5-12(19(23,24)25)15(29-17)10-1-2-10)6-27-31(16)14-7-30(11-8-32-9-11)4-3-18(14,21)22/h5-6,10-11,14H,1-4,7-9H2,(H,26,28,29)/t14-/m1/s1. The van der Waals surface area contributed by atoms with Crippen molar-refractivity contribution in [3.63, 3.8) is 0 Å². The second kappa shape index (κ2) is 7.77. The Hall–Kier alpha value is -2.05. The van der Waals surface area contributed by atoms with E-state index < -0.39 is 23.7 Å². The van der Waals surface area contributed by atoms with Crippen LogP contribution in [0.25, 0.3) is 0 Å². The molecule has 4 heterocycles. The molecule has 3 aliphatic rings. The number of hydrogen-bond acceptors (Lipinski definition) is 6. The Morgan fingerprint density at radius 1 is 1.19 bits per heavy atom. The van der Waals surface area contributed by atoms with E-state index in [2.05, 4.69) is 20.4 Å². The predicted octanol–water partition coefficient (Wildman–Crippen LogP) is 4.25. The number of ether oxygens (including phenoxy) is 1. The second-order valence-electron chi connectivity index (χ2n) is 8.40. The first-order valence-electron chi connectivity index (χ1n) is 10.3. The van der Waals surface area contributed by atoms with Gasteiger partial charge >= 0.3 is 6.18 Å². The van der Waals surface area contributed by atoms with E-state index in [4.69, 9.17) is 16.3 Å². The van der Waals surface area contributed by atoms with Crippen LogP contribution in [-0.2, 0) is 10.9 Å². The highest BCUT2D eigenvalue weighted by Crippen LogP contribution is 2.45. The molecule has 0 unspecified atom stereocenters. The first-order valence-corrected chi connectivity index (χ1v) is 10.6. The van der Waals surface area contributed by atoms with Crippen molar-refractivity contribution in [2.24, 2.45) is 0 Å². The molecule has 2 aromatic rings. The van der Waals surface area contributed by atoms with Crippen molar-refractivity contribution in [1.82, 2.24) is 24.6 Å². The minimum atomic E-state index is -4.55. The van der Waals surface area contributed by atoms with Crippen molar-refractivity contribution in [2.75, 3.05) is 31.6 Å². The Bertz CT molecular complexity index is 1010. The van der Waals surface area contributed by atoms with Gasteiger partial charge in [0.15, 0.2) is 5.15 Å². The minimum Gasteiger partial charge on any atom is -0.378 e. The zero-order chi connectivity index (χ0) is 22.7. The van der Waals surface area contributed by atoms with Gasteiger partial charge in [-0.15, -0.1) is 0 Å². The Balaban J connectivity index is 1.39. The molecule has 1 atom stereocenters. The molecule has 2 aromatic heterocycles. The lowest BCUT2D eigenvalue weighted by Gasteiger charge is -2.44. The van der Waals surface area contributed by atoms with Crippen LogP contribution < -0.4 is 5.32 Å². The molecule has 3 fully saturated rings. The number of halogens is 6. The zero-order valence-corrected chi connectivity index (χ0v) is 17.5. The lowest BCUT2D eigenvalue weighted by molar-refractivity contribution is -0.140. The maximum absolute atomic E-state index is 14.7. The molecule has 0 bridgehead atoms. The molecule has 0 aromatic carbocycles. The van der Waals surface area contributed by atoms with Crippen molar-refractivity contribution in [3.8, 4) is 0 Å². The van der Waals surface area contributed by atoms with Gasteiger partial charge in [0, 0.05) is 31.6 Å². The van der Waals surface area contributed by atoms with E-state index in [9.17, 15) is 22.0 Å². The highest BCUT2D eigenvalue weighted by Gasteiger charge is 2.48. The fraction of sp³-hybridized carbons (Fsp3) is 0.632. The van der Waals surface area contributed by atoms with Crippen molar-refractivity contribution in [1.29, 1.82) is 0 Å². The van der Waals surface area contributed by atoms with Crippen LogP contribution in [0.15, 0.2) is 12.4 Å². The molecule has 1 saturated carbocycles. The summed E-state index contributed by atoms with van der Waals surface area (Å²) in [5, 5.41) is 6.69. The number of rotatable bonds is 5. The van der Waals surface area contributed by atoms with Crippen LogP contribution in [0.4, 0.5) is 33.6 Å². The van der Waals surface area contributed by atoms with Gasteiger partial charge in [-0.25, -0.2) is 23.4 Å². The summed E-state index contributed by atoms with van der Waals surface area (Å²) in [6, 6.07) is -1.18. The highest BCUT2D eigenvalue weighted by atomic mass is 35.5. The van der Waals surface area contributed by atoms with Crippen LogP contribution in [0.3, 0.4) is 0 Å². The van der Waals surface area contributed by atoms with Crippen molar-refractivity contribution >= 4 is 23.2 Å². The quantitative estimate of drug-likeness (QED) is 0.648. The number of nitrogens with one attached hydrogen (secondary N) is 1. The van der Waals surface area contributed by atoms with Crippen molar-refractivity contribution in [3.05, 3.63) is 28.8 Å². The van der Waals surface area contributed by atoms with Gasteiger partial charge < -0.3 is 10.1 Å². The average Bonchev–Trinajstić information content (AvgIpc) is 3.46. The fourth-order valence-electron chi connectivity index (χ4n) is 4.04. The maximum Gasteiger partial charge on any atom is 0.419 e. The molecule has 2 aliphatic heterocycles. The van der Waals surface area contributed by atoms with E-state index in [-0.39, 0.29) is 54.0 Å². The summed E-state index contributed by atoms with van der Waals surface area (Å²) in [6.07, 6.45) is -1.66. The van der Waals surface area contributed by atoms with E-state index in [1.165, 1.54) is 6.20 Å². The van der Waals surface area contributed by atoms with Gasteiger partial charge in [0.1, 0.15) is 6.04 Å². The van der Waals surface area contributed by atoms with Crippen LogP contribution in [0.5, 0.6) is 0 Å². The van der Waals surface area contributed by atoms with E-state index in [1.54, 1.807) is 0 Å². The summed E-state index contributed by atoms with van der Waals surface area (Å²) in [5.74, 6) is -3.38. The lowest BCUT2D eigenvalue weighted by Crippen LogP contribution is -2.57. The van der Waals surface area contributed by atoms with E-state index >= 15 is 0 Å². The molecule has 32 heavy (non-hydrogen) atoms. The van der Waals surface area contributed by atoms with E-state index in [0.29, 0.717) is 26.1 Å². The van der Waals surface area contributed by atoms with Gasteiger partial charge in [-0.3, -0.25) is 4.90 Å². The number of hydrogen-bond donors (Lipinski definition) is 1.